The highest BCUT2D eigenvalue weighted by Crippen LogP contribution is 2.27. The largest absolute Gasteiger partial charge is 0.504 e. The topological polar surface area (TPSA) is 57.2 Å². The van der Waals surface area contributed by atoms with E-state index in [9.17, 15) is 5.11 Å². The standard InChI is InChI=1S/C13H22O5Si/c1-10-11(9-19(16-3,17-4)18-5)6-7-13(15-2)12(10)8-14/h6-7,14H,8-9H2,1-5H3. The van der Waals surface area contributed by atoms with Crippen molar-refractivity contribution in [2.24, 2.45) is 0 Å². The van der Waals surface area contributed by atoms with Crippen LogP contribution in [0.5, 0.6) is 5.75 Å². The predicted molar refractivity (Wildman–Crippen MR) is 74.1 cm³/mol. The number of benzene rings is 1. The summed E-state index contributed by atoms with van der Waals surface area (Å²) in [7, 11) is 3.68. The second-order valence-electron chi connectivity index (χ2n) is 4.16. The van der Waals surface area contributed by atoms with Crippen LogP contribution in [0.4, 0.5) is 0 Å². The van der Waals surface area contributed by atoms with Crippen LogP contribution in [-0.4, -0.2) is 42.4 Å². The summed E-state index contributed by atoms with van der Waals surface area (Å²) in [5, 5.41) is 9.46. The van der Waals surface area contributed by atoms with Crippen LogP contribution in [-0.2, 0) is 25.9 Å². The first-order valence-corrected chi connectivity index (χ1v) is 7.92. The molecule has 0 saturated heterocycles. The van der Waals surface area contributed by atoms with Crippen molar-refractivity contribution in [1.82, 2.24) is 0 Å². The Bertz CT molecular complexity index is 409. The van der Waals surface area contributed by atoms with Crippen molar-refractivity contribution in [2.75, 3.05) is 28.4 Å². The summed E-state index contributed by atoms with van der Waals surface area (Å²) in [4.78, 5) is 0. The molecule has 1 N–H and O–H groups in total. The zero-order valence-electron chi connectivity index (χ0n) is 12.1. The fourth-order valence-corrected chi connectivity index (χ4v) is 3.84. The molecule has 108 valence electrons. The molecule has 0 aliphatic heterocycles. The summed E-state index contributed by atoms with van der Waals surface area (Å²) in [6.07, 6.45) is 0. The molecule has 0 aromatic heterocycles. The fourth-order valence-electron chi connectivity index (χ4n) is 2.06. The van der Waals surface area contributed by atoms with Crippen LogP contribution in [0.2, 0.25) is 0 Å². The van der Waals surface area contributed by atoms with Crippen LogP contribution < -0.4 is 4.74 Å². The minimum absolute atomic E-state index is 0.0651. The van der Waals surface area contributed by atoms with E-state index in [1.165, 1.54) is 0 Å². The molecule has 5 nitrogen and oxygen atoms in total. The van der Waals surface area contributed by atoms with Crippen molar-refractivity contribution in [3.63, 3.8) is 0 Å². The molecular formula is C13H22O5Si. The van der Waals surface area contributed by atoms with Crippen molar-refractivity contribution in [3.8, 4) is 5.75 Å². The highest BCUT2D eigenvalue weighted by atomic mass is 28.4. The molecule has 6 heteroatoms. The Kier molecular flexibility index (Phi) is 5.96. The number of hydrogen-bond donors (Lipinski definition) is 1. The first-order chi connectivity index (χ1) is 9.07. The van der Waals surface area contributed by atoms with Gasteiger partial charge in [0.25, 0.3) is 0 Å². The van der Waals surface area contributed by atoms with Gasteiger partial charge in [-0.1, -0.05) is 6.07 Å². The smallest absolute Gasteiger partial charge is 0.496 e. The summed E-state index contributed by atoms with van der Waals surface area (Å²) in [6.45, 7) is 1.88. The number of aliphatic hydroxyl groups is 1. The van der Waals surface area contributed by atoms with E-state index >= 15 is 0 Å². The van der Waals surface area contributed by atoms with Crippen LogP contribution in [0.25, 0.3) is 0 Å². The number of methoxy groups -OCH3 is 1. The van der Waals surface area contributed by atoms with Gasteiger partial charge in [-0.3, -0.25) is 0 Å². The highest BCUT2D eigenvalue weighted by Gasteiger charge is 2.38. The molecule has 0 aliphatic carbocycles. The third kappa shape index (κ3) is 3.34. The Balaban J connectivity index is 3.15. The molecule has 1 aromatic rings. The minimum atomic E-state index is -2.68. The molecule has 0 saturated carbocycles. The lowest BCUT2D eigenvalue weighted by molar-refractivity contribution is 0.122. The fraction of sp³-hybridized carbons (Fsp3) is 0.538. The molecule has 0 spiro atoms. The Morgan fingerprint density at radius 3 is 2.05 bits per heavy atom. The molecule has 0 unspecified atom stereocenters. The van der Waals surface area contributed by atoms with Gasteiger partial charge in [-0.15, -0.1) is 0 Å². The van der Waals surface area contributed by atoms with E-state index in [1.54, 1.807) is 28.4 Å². The lowest BCUT2D eigenvalue weighted by Crippen LogP contribution is -2.45. The van der Waals surface area contributed by atoms with Crippen molar-refractivity contribution in [2.45, 2.75) is 19.6 Å². The summed E-state index contributed by atoms with van der Waals surface area (Å²) in [5.41, 5.74) is 2.79. The maximum absolute atomic E-state index is 9.46. The van der Waals surface area contributed by atoms with Crippen LogP contribution in [0.15, 0.2) is 12.1 Å². The number of ether oxygens (including phenoxy) is 1. The molecule has 1 aromatic carbocycles. The second-order valence-corrected chi connectivity index (χ2v) is 7.11. The van der Waals surface area contributed by atoms with Crippen molar-refractivity contribution < 1.29 is 23.1 Å². The van der Waals surface area contributed by atoms with E-state index < -0.39 is 8.80 Å². The van der Waals surface area contributed by atoms with Crippen LogP contribution >= 0.6 is 0 Å². The number of rotatable bonds is 7. The van der Waals surface area contributed by atoms with Gasteiger partial charge in [0.1, 0.15) is 5.75 Å². The Hall–Kier alpha value is -0.923. The van der Waals surface area contributed by atoms with E-state index in [4.69, 9.17) is 18.0 Å². The van der Waals surface area contributed by atoms with E-state index in [0.29, 0.717) is 11.8 Å². The Labute approximate surface area is 115 Å². The zero-order valence-corrected chi connectivity index (χ0v) is 13.1. The van der Waals surface area contributed by atoms with Gasteiger partial charge in [0.15, 0.2) is 0 Å². The van der Waals surface area contributed by atoms with Gasteiger partial charge in [-0.25, -0.2) is 0 Å². The number of aliphatic hydroxyl groups excluding tert-OH is 1. The lowest BCUT2D eigenvalue weighted by Gasteiger charge is -2.25. The van der Waals surface area contributed by atoms with E-state index in [-0.39, 0.29) is 6.61 Å². The first-order valence-electron chi connectivity index (χ1n) is 5.99. The lowest BCUT2D eigenvalue weighted by atomic mass is 10.0. The van der Waals surface area contributed by atoms with Gasteiger partial charge in [0, 0.05) is 32.9 Å². The summed E-state index contributed by atoms with van der Waals surface area (Å²) in [6, 6.07) is 4.35. The van der Waals surface area contributed by atoms with E-state index in [1.807, 2.05) is 19.1 Å². The molecule has 0 radical (unpaired) electrons. The summed E-state index contributed by atoms with van der Waals surface area (Å²) >= 11 is 0. The quantitative estimate of drug-likeness (QED) is 0.769. The number of hydrogen-bond acceptors (Lipinski definition) is 5. The molecular weight excluding hydrogens is 264 g/mol. The van der Waals surface area contributed by atoms with Crippen molar-refractivity contribution in [3.05, 3.63) is 28.8 Å². The Morgan fingerprint density at radius 1 is 1.05 bits per heavy atom. The molecule has 0 bridgehead atoms. The molecule has 1 rings (SSSR count). The van der Waals surface area contributed by atoms with Gasteiger partial charge in [0.05, 0.1) is 13.7 Å². The van der Waals surface area contributed by atoms with Crippen molar-refractivity contribution in [1.29, 1.82) is 0 Å². The molecule has 0 heterocycles. The van der Waals surface area contributed by atoms with Crippen molar-refractivity contribution >= 4 is 8.80 Å². The van der Waals surface area contributed by atoms with Gasteiger partial charge < -0.3 is 23.1 Å². The van der Waals surface area contributed by atoms with Gasteiger partial charge in [0.2, 0.25) is 0 Å². The maximum Gasteiger partial charge on any atom is 0.504 e. The van der Waals surface area contributed by atoms with Gasteiger partial charge in [-0.05, 0) is 24.1 Å². The predicted octanol–water partition coefficient (Wildman–Crippen LogP) is 1.46. The monoisotopic (exact) mass is 286 g/mol. The summed E-state index contributed by atoms with van der Waals surface area (Å²) < 4.78 is 21.5. The molecule has 19 heavy (non-hydrogen) atoms. The average molecular weight is 286 g/mol. The molecule has 0 aliphatic rings. The normalized spacial score (nSPS) is 11.7. The third-order valence-corrected chi connectivity index (χ3v) is 6.07. The SMILES string of the molecule is COc1ccc(C[Si](OC)(OC)OC)c(C)c1CO. The summed E-state index contributed by atoms with van der Waals surface area (Å²) in [5.74, 6) is 0.684. The molecule has 0 atom stereocenters. The van der Waals surface area contributed by atoms with Crippen LogP contribution in [0, 0.1) is 6.92 Å². The molecule has 0 fully saturated rings. The second kappa shape index (κ2) is 7.02. The van der Waals surface area contributed by atoms with Gasteiger partial charge >= 0.3 is 8.80 Å². The average Bonchev–Trinajstić information content (AvgIpc) is 2.46. The third-order valence-electron chi connectivity index (χ3n) is 3.39. The minimum Gasteiger partial charge on any atom is -0.496 e. The van der Waals surface area contributed by atoms with Crippen LogP contribution in [0.1, 0.15) is 16.7 Å². The zero-order chi connectivity index (χ0) is 14.5. The van der Waals surface area contributed by atoms with Crippen LogP contribution in [0.3, 0.4) is 0 Å². The highest BCUT2D eigenvalue weighted by molar-refractivity contribution is 6.60. The maximum atomic E-state index is 9.46. The van der Waals surface area contributed by atoms with Gasteiger partial charge in [-0.2, -0.15) is 0 Å². The molecule has 0 amide bonds. The van der Waals surface area contributed by atoms with E-state index in [0.717, 1.165) is 16.7 Å². The Morgan fingerprint density at radius 2 is 1.63 bits per heavy atom. The first kappa shape index (κ1) is 16.1. The van der Waals surface area contributed by atoms with E-state index in [2.05, 4.69) is 0 Å².